The van der Waals surface area contributed by atoms with Crippen LogP contribution in [0.5, 0.6) is 0 Å². The zero-order valence-electron chi connectivity index (χ0n) is 11.4. The maximum absolute atomic E-state index is 6.14. The number of hydrogen-bond acceptors (Lipinski definition) is 3. The minimum Gasteiger partial charge on any atom is -0.379 e. The molecule has 1 aliphatic carbocycles. The van der Waals surface area contributed by atoms with E-state index in [1.54, 1.807) is 0 Å². The number of likely N-dealkylation sites (N-methyl/N-ethyl adjacent to an activating group) is 1. The molecule has 4 heteroatoms. The minimum atomic E-state index is 0.487. The van der Waals surface area contributed by atoms with Crippen LogP contribution in [-0.2, 0) is 11.3 Å². The second-order valence-electron chi connectivity index (χ2n) is 5.56. The lowest BCUT2D eigenvalue weighted by atomic mass is 10.1. The van der Waals surface area contributed by atoms with Gasteiger partial charge in [0.05, 0.1) is 12.6 Å². The highest BCUT2D eigenvalue weighted by atomic mass is 35.5. The molecule has 1 aromatic rings. The number of anilines is 1. The molecule has 104 valence electrons. The predicted molar refractivity (Wildman–Crippen MR) is 78.9 cm³/mol. The average molecular weight is 281 g/mol. The van der Waals surface area contributed by atoms with Crippen molar-refractivity contribution in [2.75, 3.05) is 25.2 Å². The lowest BCUT2D eigenvalue weighted by Crippen LogP contribution is -2.33. The molecule has 0 amide bonds. The van der Waals surface area contributed by atoms with Gasteiger partial charge in [-0.05, 0) is 43.0 Å². The highest BCUT2D eigenvalue weighted by Gasteiger charge is 2.24. The van der Waals surface area contributed by atoms with E-state index in [-0.39, 0.29) is 0 Å². The Morgan fingerprint density at radius 3 is 2.89 bits per heavy atom. The number of ether oxygens (including phenoxy) is 1. The number of nitrogens with one attached hydrogen (secondary N) is 1. The van der Waals surface area contributed by atoms with E-state index in [0.717, 1.165) is 31.2 Å². The third-order valence-electron chi connectivity index (χ3n) is 4.03. The summed E-state index contributed by atoms with van der Waals surface area (Å²) in [4.78, 5) is 2.34. The average Bonchev–Trinajstić information content (AvgIpc) is 3.07. The molecule has 19 heavy (non-hydrogen) atoms. The van der Waals surface area contributed by atoms with Crippen LogP contribution >= 0.6 is 11.6 Å². The van der Waals surface area contributed by atoms with Gasteiger partial charge in [0.25, 0.3) is 0 Å². The summed E-state index contributed by atoms with van der Waals surface area (Å²) in [7, 11) is 2.16. The Morgan fingerprint density at radius 1 is 1.37 bits per heavy atom. The van der Waals surface area contributed by atoms with Crippen LogP contribution in [0.3, 0.4) is 0 Å². The minimum absolute atomic E-state index is 0.487. The van der Waals surface area contributed by atoms with Crippen LogP contribution in [0.15, 0.2) is 18.2 Å². The molecule has 1 saturated carbocycles. The molecule has 1 N–H and O–H groups in total. The SMILES string of the molecule is CN(c1ccc(Cl)cc1CNC1CC1)C1CCOC1. The summed E-state index contributed by atoms with van der Waals surface area (Å²) in [5, 5.41) is 4.38. The van der Waals surface area contributed by atoms with Crippen LogP contribution in [0.4, 0.5) is 5.69 Å². The van der Waals surface area contributed by atoms with Gasteiger partial charge in [0.15, 0.2) is 0 Å². The highest BCUT2D eigenvalue weighted by Crippen LogP contribution is 2.28. The fourth-order valence-corrected chi connectivity index (χ4v) is 2.80. The number of hydrogen-bond donors (Lipinski definition) is 1. The Morgan fingerprint density at radius 2 is 2.21 bits per heavy atom. The lowest BCUT2D eigenvalue weighted by Gasteiger charge is -2.28. The van der Waals surface area contributed by atoms with Gasteiger partial charge in [-0.25, -0.2) is 0 Å². The van der Waals surface area contributed by atoms with Crippen LogP contribution < -0.4 is 10.2 Å². The van der Waals surface area contributed by atoms with Gasteiger partial charge < -0.3 is 15.0 Å². The summed E-state index contributed by atoms with van der Waals surface area (Å²) >= 11 is 6.14. The van der Waals surface area contributed by atoms with Crippen molar-refractivity contribution in [3.63, 3.8) is 0 Å². The van der Waals surface area contributed by atoms with Crippen molar-refractivity contribution in [1.82, 2.24) is 5.32 Å². The van der Waals surface area contributed by atoms with Gasteiger partial charge >= 0.3 is 0 Å². The molecule has 0 spiro atoms. The first-order valence-corrected chi connectivity index (χ1v) is 7.44. The summed E-state index contributed by atoms with van der Waals surface area (Å²) in [5.41, 5.74) is 2.56. The predicted octanol–water partition coefficient (Wildman–Crippen LogP) is 2.82. The van der Waals surface area contributed by atoms with E-state index in [1.807, 2.05) is 6.07 Å². The van der Waals surface area contributed by atoms with Crippen molar-refractivity contribution in [1.29, 1.82) is 0 Å². The van der Waals surface area contributed by atoms with E-state index in [1.165, 1.54) is 24.1 Å². The summed E-state index contributed by atoms with van der Waals surface area (Å²) in [6, 6.07) is 7.39. The van der Waals surface area contributed by atoms with Gasteiger partial charge in [-0.3, -0.25) is 0 Å². The van der Waals surface area contributed by atoms with Gasteiger partial charge in [0.1, 0.15) is 0 Å². The van der Waals surface area contributed by atoms with Crippen molar-refractivity contribution in [3.05, 3.63) is 28.8 Å². The Balaban J connectivity index is 1.76. The third kappa shape index (κ3) is 3.22. The van der Waals surface area contributed by atoms with E-state index in [0.29, 0.717) is 12.1 Å². The van der Waals surface area contributed by atoms with Crippen molar-refractivity contribution in [2.24, 2.45) is 0 Å². The van der Waals surface area contributed by atoms with E-state index < -0.39 is 0 Å². The molecule has 3 rings (SSSR count). The Bertz CT molecular complexity index is 442. The second kappa shape index (κ2) is 5.70. The molecule has 1 atom stereocenters. The fourth-order valence-electron chi connectivity index (χ4n) is 2.61. The topological polar surface area (TPSA) is 24.5 Å². The largest absolute Gasteiger partial charge is 0.379 e. The fraction of sp³-hybridized carbons (Fsp3) is 0.600. The monoisotopic (exact) mass is 280 g/mol. The quantitative estimate of drug-likeness (QED) is 0.898. The van der Waals surface area contributed by atoms with E-state index >= 15 is 0 Å². The highest BCUT2D eigenvalue weighted by molar-refractivity contribution is 6.30. The zero-order valence-corrected chi connectivity index (χ0v) is 12.1. The van der Waals surface area contributed by atoms with Crippen LogP contribution in [0.1, 0.15) is 24.8 Å². The summed E-state index contributed by atoms with van der Waals surface area (Å²) < 4.78 is 5.49. The standard InChI is InChI=1S/C15H21ClN2O/c1-18(14-6-7-19-10-14)15-5-2-12(16)8-11(15)9-17-13-3-4-13/h2,5,8,13-14,17H,3-4,6-7,9-10H2,1H3. The molecule has 1 saturated heterocycles. The lowest BCUT2D eigenvalue weighted by molar-refractivity contribution is 0.193. The first-order chi connectivity index (χ1) is 9.24. The number of benzene rings is 1. The van der Waals surface area contributed by atoms with Gasteiger partial charge in [-0.2, -0.15) is 0 Å². The maximum Gasteiger partial charge on any atom is 0.0670 e. The van der Waals surface area contributed by atoms with Crippen molar-refractivity contribution in [2.45, 2.75) is 37.9 Å². The molecule has 2 aliphatic rings. The van der Waals surface area contributed by atoms with Gasteiger partial charge in [0, 0.05) is 37.0 Å². The summed E-state index contributed by atoms with van der Waals surface area (Å²) in [6.07, 6.45) is 3.72. The van der Waals surface area contributed by atoms with Gasteiger partial charge in [-0.15, -0.1) is 0 Å². The molecule has 1 aliphatic heterocycles. The molecule has 3 nitrogen and oxygen atoms in total. The third-order valence-corrected chi connectivity index (χ3v) is 4.27. The number of halogens is 1. The second-order valence-corrected chi connectivity index (χ2v) is 5.99. The Kier molecular flexibility index (Phi) is 3.96. The van der Waals surface area contributed by atoms with Crippen molar-refractivity contribution >= 4 is 17.3 Å². The Labute approximate surface area is 119 Å². The molecule has 0 bridgehead atoms. The first-order valence-electron chi connectivity index (χ1n) is 7.06. The normalized spacial score (nSPS) is 22.7. The molecule has 1 unspecified atom stereocenters. The summed E-state index contributed by atoms with van der Waals surface area (Å²) in [6.45, 7) is 2.60. The smallest absolute Gasteiger partial charge is 0.0670 e. The molecular weight excluding hydrogens is 260 g/mol. The van der Waals surface area contributed by atoms with Crippen molar-refractivity contribution < 1.29 is 4.74 Å². The van der Waals surface area contributed by atoms with Gasteiger partial charge in [0.2, 0.25) is 0 Å². The van der Waals surface area contributed by atoms with Gasteiger partial charge in [-0.1, -0.05) is 11.6 Å². The van der Waals surface area contributed by atoms with E-state index in [4.69, 9.17) is 16.3 Å². The number of rotatable bonds is 5. The van der Waals surface area contributed by atoms with E-state index in [2.05, 4.69) is 29.4 Å². The summed E-state index contributed by atoms with van der Waals surface area (Å²) in [5.74, 6) is 0. The van der Waals surface area contributed by atoms with Crippen LogP contribution in [0.25, 0.3) is 0 Å². The molecule has 2 fully saturated rings. The molecule has 1 heterocycles. The maximum atomic E-state index is 6.14. The molecule has 1 aromatic carbocycles. The van der Waals surface area contributed by atoms with Crippen molar-refractivity contribution in [3.8, 4) is 0 Å². The zero-order chi connectivity index (χ0) is 13.2. The van der Waals surface area contributed by atoms with Crippen LogP contribution in [0.2, 0.25) is 5.02 Å². The molecule has 0 aromatic heterocycles. The first kappa shape index (κ1) is 13.2. The molecular formula is C15H21ClN2O. The number of nitrogens with zero attached hydrogens (tertiary/aromatic N) is 1. The Hall–Kier alpha value is -0.770. The van der Waals surface area contributed by atoms with Crippen LogP contribution in [0, 0.1) is 0 Å². The van der Waals surface area contributed by atoms with Crippen LogP contribution in [-0.4, -0.2) is 32.3 Å². The van der Waals surface area contributed by atoms with E-state index in [9.17, 15) is 0 Å². The molecule has 0 radical (unpaired) electrons.